The van der Waals surface area contributed by atoms with Crippen LogP contribution in [0.25, 0.3) is 0 Å². The van der Waals surface area contributed by atoms with Crippen molar-refractivity contribution in [3.05, 3.63) is 35.1 Å². The summed E-state index contributed by atoms with van der Waals surface area (Å²) in [6.07, 6.45) is -4.59. The number of hydrogen-bond donors (Lipinski definition) is 1. The Morgan fingerprint density at radius 3 is 2.35 bits per heavy atom. The molecule has 0 radical (unpaired) electrons. The molecule has 0 aliphatic rings. The molecule has 0 aromatic heterocycles. The molecule has 1 aromatic rings. The minimum absolute atomic E-state index is 0.0933. The molecule has 1 aromatic carbocycles. The van der Waals surface area contributed by atoms with E-state index in [1.165, 1.54) is 6.92 Å². The number of hydrogen-bond acceptors (Lipinski definition) is 1. The van der Waals surface area contributed by atoms with Gasteiger partial charge in [0.2, 0.25) is 0 Å². The van der Waals surface area contributed by atoms with Crippen molar-refractivity contribution < 1.29 is 27.5 Å². The molecule has 0 saturated heterocycles. The van der Waals surface area contributed by atoms with Crippen LogP contribution in [0.1, 0.15) is 30.4 Å². The first kappa shape index (κ1) is 13.5. The maximum Gasteiger partial charge on any atom is 0.416 e. The minimum Gasteiger partial charge on any atom is -0.481 e. The SMILES string of the molecule is CCC(C(=O)O)c1cc(F)cc(C(F)(F)F)c1. The summed E-state index contributed by atoms with van der Waals surface area (Å²) in [6.45, 7) is 1.51. The van der Waals surface area contributed by atoms with E-state index >= 15 is 0 Å². The van der Waals surface area contributed by atoms with Gasteiger partial charge in [0, 0.05) is 0 Å². The first-order valence-corrected chi connectivity index (χ1v) is 4.86. The van der Waals surface area contributed by atoms with E-state index in [9.17, 15) is 22.4 Å². The Kier molecular flexibility index (Phi) is 3.75. The van der Waals surface area contributed by atoms with E-state index in [0.717, 1.165) is 6.07 Å². The van der Waals surface area contributed by atoms with Crippen LogP contribution in [-0.4, -0.2) is 11.1 Å². The Morgan fingerprint density at radius 1 is 1.35 bits per heavy atom. The van der Waals surface area contributed by atoms with E-state index < -0.39 is 29.4 Å². The van der Waals surface area contributed by atoms with Crippen LogP contribution in [-0.2, 0) is 11.0 Å². The summed E-state index contributed by atoms with van der Waals surface area (Å²) in [6, 6.07) is 1.83. The number of carboxylic acids is 1. The zero-order valence-corrected chi connectivity index (χ0v) is 8.88. The molecule has 0 fully saturated rings. The lowest BCUT2D eigenvalue weighted by Crippen LogP contribution is -2.13. The van der Waals surface area contributed by atoms with Crippen LogP contribution in [0.2, 0.25) is 0 Å². The number of rotatable bonds is 3. The lowest BCUT2D eigenvalue weighted by molar-refractivity contribution is -0.140. The summed E-state index contributed by atoms with van der Waals surface area (Å²) in [7, 11) is 0. The highest BCUT2D eigenvalue weighted by atomic mass is 19.4. The lowest BCUT2D eigenvalue weighted by atomic mass is 9.95. The molecule has 0 heterocycles. The van der Waals surface area contributed by atoms with Gasteiger partial charge < -0.3 is 5.11 Å². The standard InChI is InChI=1S/C11H10F4O2/c1-2-9(10(16)17)6-3-7(11(13,14)15)5-8(12)4-6/h3-5,9H,2H2,1H3,(H,16,17). The van der Waals surface area contributed by atoms with Crippen molar-refractivity contribution in [1.82, 2.24) is 0 Å². The monoisotopic (exact) mass is 250 g/mol. The predicted octanol–water partition coefficient (Wildman–Crippen LogP) is 3.42. The third kappa shape index (κ3) is 3.18. The highest BCUT2D eigenvalue weighted by Crippen LogP contribution is 2.32. The van der Waals surface area contributed by atoms with Crippen molar-refractivity contribution >= 4 is 5.97 Å². The number of carbonyl (C=O) groups is 1. The molecule has 0 amide bonds. The van der Waals surface area contributed by atoms with E-state index in [-0.39, 0.29) is 12.0 Å². The van der Waals surface area contributed by atoms with Gasteiger partial charge in [-0.1, -0.05) is 6.92 Å². The Labute approximate surface area is 94.9 Å². The number of benzene rings is 1. The molecule has 1 unspecified atom stereocenters. The van der Waals surface area contributed by atoms with Crippen molar-refractivity contribution in [3.8, 4) is 0 Å². The predicted molar refractivity (Wildman–Crippen MR) is 52.1 cm³/mol. The highest BCUT2D eigenvalue weighted by Gasteiger charge is 2.32. The molecule has 0 aliphatic carbocycles. The van der Waals surface area contributed by atoms with Crippen LogP contribution in [0.15, 0.2) is 18.2 Å². The summed E-state index contributed by atoms with van der Waals surface area (Å²) >= 11 is 0. The fourth-order valence-electron chi connectivity index (χ4n) is 1.53. The molecule has 0 aliphatic heterocycles. The van der Waals surface area contributed by atoms with Gasteiger partial charge in [-0.3, -0.25) is 4.79 Å². The molecular formula is C11H10F4O2. The lowest BCUT2D eigenvalue weighted by Gasteiger charge is -2.13. The molecule has 6 heteroatoms. The van der Waals surface area contributed by atoms with Gasteiger partial charge in [0.05, 0.1) is 11.5 Å². The quantitative estimate of drug-likeness (QED) is 0.834. The number of aliphatic carboxylic acids is 1. The van der Waals surface area contributed by atoms with Gasteiger partial charge >= 0.3 is 12.1 Å². The van der Waals surface area contributed by atoms with Crippen molar-refractivity contribution in [1.29, 1.82) is 0 Å². The fraction of sp³-hybridized carbons (Fsp3) is 0.364. The highest BCUT2D eigenvalue weighted by molar-refractivity contribution is 5.76. The average molecular weight is 250 g/mol. The minimum atomic E-state index is -4.69. The molecule has 0 spiro atoms. The van der Waals surface area contributed by atoms with E-state index in [1.54, 1.807) is 0 Å². The molecule has 1 atom stereocenters. The second kappa shape index (κ2) is 4.73. The topological polar surface area (TPSA) is 37.3 Å². The van der Waals surface area contributed by atoms with Crippen molar-refractivity contribution in [2.24, 2.45) is 0 Å². The molecule has 1 N–H and O–H groups in total. The van der Waals surface area contributed by atoms with Gasteiger partial charge in [-0.05, 0) is 30.2 Å². The Balaban J connectivity index is 3.26. The maximum absolute atomic E-state index is 13.0. The largest absolute Gasteiger partial charge is 0.481 e. The Morgan fingerprint density at radius 2 is 1.94 bits per heavy atom. The molecule has 1 rings (SSSR count). The second-order valence-electron chi connectivity index (χ2n) is 3.57. The van der Waals surface area contributed by atoms with Gasteiger partial charge in [-0.2, -0.15) is 13.2 Å². The number of carboxylic acid groups (broad SMARTS) is 1. The van der Waals surface area contributed by atoms with Gasteiger partial charge in [0.15, 0.2) is 0 Å². The number of halogens is 4. The zero-order chi connectivity index (χ0) is 13.2. The summed E-state index contributed by atoms with van der Waals surface area (Å²) in [4.78, 5) is 10.8. The summed E-state index contributed by atoms with van der Waals surface area (Å²) in [5.41, 5.74) is -1.35. The van der Waals surface area contributed by atoms with Crippen molar-refractivity contribution in [2.45, 2.75) is 25.4 Å². The third-order valence-electron chi connectivity index (χ3n) is 2.36. The first-order chi connectivity index (χ1) is 7.75. The van der Waals surface area contributed by atoms with Crippen molar-refractivity contribution in [2.75, 3.05) is 0 Å². The molecule has 0 bridgehead atoms. The molecular weight excluding hydrogens is 240 g/mol. The van der Waals surface area contributed by atoms with Crippen molar-refractivity contribution in [3.63, 3.8) is 0 Å². The fourth-order valence-corrected chi connectivity index (χ4v) is 1.53. The van der Waals surface area contributed by atoms with E-state index in [0.29, 0.717) is 12.1 Å². The van der Waals surface area contributed by atoms with E-state index in [4.69, 9.17) is 5.11 Å². The molecule has 2 nitrogen and oxygen atoms in total. The van der Waals surface area contributed by atoms with E-state index in [2.05, 4.69) is 0 Å². The normalized spacial score (nSPS) is 13.5. The zero-order valence-electron chi connectivity index (χ0n) is 8.88. The van der Waals surface area contributed by atoms with Gasteiger partial charge in [0.25, 0.3) is 0 Å². The average Bonchev–Trinajstić information content (AvgIpc) is 2.15. The first-order valence-electron chi connectivity index (χ1n) is 4.86. The second-order valence-corrected chi connectivity index (χ2v) is 3.57. The molecule has 0 saturated carbocycles. The molecule has 94 valence electrons. The summed E-state index contributed by atoms with van der Waals surface area (Å²) in [5.74, 6) is -3.49. The van der Waals surface area contributed by atoms with Gasteiger partial charge in [-0.15, -0.1) is 0 Å². The molecule has 17 heavy (non-hydrogen) atoms. The van der Waals surface area contributed by atoms with Crippen LogP contribution in [0.4, 0.5) is 17.6 Å². The van der Waals surface area contributed by atoms with Gasteiger partial charge in [-0.25, -0.2) is 4.39 Å². The third-order valence-corrected chi connectivity index (χ3v) is 2.36. The van der Waals surface area contributed by atoms with Crippen LogP contribution in [0.3, 0.4) is 0 Å². The maximum atomic E-state index is 13.0. The van der Waals surface area contributed by atoms with Crippen LogP contribution < -0.4 is 0 Å². The summed E-state index contributed by atoms with van der Waals surface area (Å²) in [5, 5.41) is 8.81. The van der Waals surface area contributed by atoms with Crippen LogP contribution in [0.5, 0.6) is 0 Å². The summed E-state index contributed by atoms with van der Waals surface area (Å²) < 4.78 is 50.2. The Hall–Kier alpha value is -1.59. The van der Waals surface area contributed by atoms with Gasteiger partial charge in [0.1, 0.15) is 5.82 Å². The van der Waals surface area contributed by atoms with Crippen LogP contribution >= 0.6 is 0 Å². The number of alkyl halides is 3. The van der Waals surface area contributed by atoms with E-state index in [1.807, 2.05) is 0 Å². The smallest absolute Gasteiger partial charge is 0.416 e. The Bertz CT molecular complexity index is 426. The van der Waals surface area contributed by atoms with Crippen LogP contribution in [0, 0.1) is 5.82 Å².